The number of anilines is 1. The van der Waals surface area contributed by atoms with Gasteiger partial charge in [0.2, 0.25) is 5.91 Å². The Bertz CT molecular complexity index is 455. The number of carbonyl (C=O) groups is 1. The Labute approximate surface area is 127 Å². The Kier molecular flexibility index (Phi) is 6.21. The van der Waals surface area contributed by atoms with Crippen LogP contribution in [0, 0.1) is 6.92 Å². The maximum atomic E-state index is 12.3. The second-order valence-electron chi connectivity index (χ2n) is 5.87. The third-order valence-electron chi connectivity index (χ3n) is 3.98. The largest absolute Gasteiger partial charge is 0.325 e. The van der Waals surface area contributed by atoms with Gasteiger partial charge in [-0.1, -0.05) is 19.1 Å². The topological polar surface area (TPSA) is 44.4 Å². The highest BCUT2D eigenvalue weighted by Gasteiger charge is 2.22. The minimum atomic E-state index is 0.0904. The molecular formula is C17H27N3O. The maximum absolute atomic E-state index is 12.3. The van der Waals surface area contributed by atoms with Crippen molar-refractivity contribution in [2.24, 2.45) is 0 Å². The molecule has 116 valence electrons. The highest BCUT2D eigenvalue weighted by molar-refractivity contribution is 5.92. The highest BCUT2D eigenvalue weighted by Crippen LogP contribution is 2.13. The van der Waals surface area contributed by atoms with E-state index in [1.165, 1.54) is 0 Å². The Morgan fingerprint density at radius 1 is 1.38 bits per heavy atom. The molecule has 4 nitrogen and oxygen atoms in total. The van der Waals surface area contributed by atoms with E-state index >= 15 is 0 Å². The molecule has 21 heavy (non-hydrogen) atoms. The normalized spacial score (nSPS) is 16.1. The molecule has 0 bridgehead atoms. The number of benzene rings is 1. The Morgan fingerprint density at radius 2 is 2.14 bits per heavy atom. The van der Waals surface area contributed by atoms with Gasteiger partial charge in [0, 0.05) is 11.7 Å². The van der Waals surface area contributed by atoms with E-state index in [1.807, 2.05) is 31.2 Å². The Balaban J connectivity index is 1.91. The molecule has 1 amide bonds. The van der Waals surface area contributed by atoms with Gasteiger partial charge in [-0.3, -0.25) is 9.69 Å². The highest BCUT2D eigenvalue weighted by atomic mass is 16.2. The van der Waals surface area contributed by atoms with Crippen molar-refractivity contribution >= 4 is 11.6 Å². The molecule has 0 spiro atoms. The first-order valence-electron chi connectivity index (χ1n) is 8.00. The Morgan fingerprint density at radius 3 is 2.81 bits per heavy atom. The van der Waals surface area contributed by atoms with Crippen molar-refractivity contribution < 1.29 is 4.79 Å². The van der Waals surface area contributed by atoms with Gasteiger partial charge < -0.3 is 10.6 Å². The summed E-state index contributed by atoms with van der Waals surface area (Å²) in [6.45, 7) is 7.81. The standard InChI is InChI=1S/C17H27N3O/c1-3-11-20(16-7-9-18-10-8-16)13-17(21)19-15-6-4-5-14(2)12-15/h4-6,12,16,18H,3,7-11,13H2,1-2H3,(H,19,21). The first-order chi connectivity index (χ1) is 10.2. The van der Waals surface area contributed by atoms with Crippen molar-refractivity contribution in [2.45, 2.75) is 39.2 Å². The van der Waals surface area contributed by atoms with Crippen LogP contribution in [0.2, 0.25) is 0 Å². The van der Waals surface area contributed by atoms with Crippen molar-refractivity contribution in [3.05, 3.63) is 29.8 Å². The second kappa shape index (κ2) is 8.15. The minimum Gasteiger partial charge on any atom is -0.325 e. The number of amides is 1. The van der Waals surface area contributed by atoms with Crippen molar-refractivity contribution in [1.82, 2.24) is 10.2 Å². The molecule has 4 heteroatoms. The molecule has 0 saturated carbocycles. The molecule has 0 unspecified atom stereocenters. The first-order valence-corrected chi connectivity index (χ1v) is 8.00. The van der Waals surface area contributed by atoms with Crippen LogP contribution in [-0.4, -0.2) is 43.0 Å². The van der Waals surface area contributed by atoms with E-state index in [-0.39, 0.29) is 5.91 Å². The third-order valence-corrected chi connectivity index (χ3v) is 3.98. The molecule has 0 aliphatic carbocycles. The number of carbonyl (C=O) groups excluding carboxylic acids is 1. The van der Waals surface area contributed by atoms with Crippen LogP contribution in [-0.2, 0) is 4.79 Å². The van der Waals surface area contributed by atoms with Gasteiger partial charge in [0.15, 0.2) is 0 Å². The maximum Gasteiger partial charge on any atom is 0.238 e. The quantitative estimate of drug-likeness (QED) is 0.845. The van der Waals surface area contributed by atoms with E-state index in [4.69, 9.17) is 0 Å². The van der Waals surface area contributed by atoms with Gasteiger partial charge in [-0.25, -0.2) is 0 Å². The molecule has 1 fully saturated rings. The van der Waals surface area contributed by atoms with Crippen LogP contribution in [0.4, 0.5) is 5.69 Å². The zero-order valence-electron chi connectivity index (χ0n) is 13.2. The van der Waals surface area contributed by atoms with E-state index in [2.05, 4.69) is 22.5 Å². The molecule has 1 heterocycles. The van der Waals surface area contributed by atoms with E-state index in [1.54, 1.807) is 0 Å². The van der Waals surface area contributed by atoms with Crippen LogP contribution in [0.3, 0.4) is 0 Å². The van der Waals surface area contributed by atoms with Crippen molar-refractivity contribution in [3.63, 3.8) is 0 Å². The minimum absolute atomic E-state index is 0.0904. The summed E-state index contributed by atoms with van der Waals surface area (Å²) in [4.78, 5) is 14.6. The first kappa shape index (κ1) is 16.0. The van der Waals surface area contributed by atoms with Crippen LogP contribution < -0.4 is 10.6 Å². The van der Waals surface area contributed by atoms with Gasteiger partial charge in [0.05, 0.1) is 6.54 Å². The fourth-order valence-electron chi connectivity index (χ4n) is 2.96. The number of hydrogen-bond donors (Lipinski definition) is 2. The van der Waals surface area contributed by atoms with Gasteiger partial charge in [0.1, 0.15) is 0 Å². The SMILES string of the molecule is CCCN(CC(=O)Nc1cccc(C)c1)C1CCNCC1. The third kappa shape index (κ3) is 5.14. The summed E-state index contributed by atoms with van der Waals surface area (Å²) in [5, 5.41) is 6.40. The predicted octanol–water partition coefficient (Wildman–Crippen LogP) is 2.40. The molecule has 2 rings (SSSR count). The molecule has 1 aliphatic heterocycles. The predicted molar refractivity (Wildman–Crippen MR) is 87.6 cm³/mol. The summed E-state index contributed by atoms with van der Waals surface area (Å²) in [5.74, 6) is 0.0904. The fraction of sp³-hybridized carbons (Fsp3) is 0.588. The van der Waals surface area contributed by atoms with Crippen LogP contribution in [0.5, 0.6) is 0 Å². The van der Waals surface area contributed by atoms with E-state index in [9.17, 15) is 4.79 Å². The number of nitrogens with one attached hydrogen (secondary N) is 2. The second-order valence-corrected chi connectivity index (χ2v) is 5.87. The van der Waals surface area contributed by atoms with Crippen molar-refractivity contribution in [3.8, 4) is 0 Å². The summed E-state index contributed by atoms with van der Waals surface area (Å²) in [6, 6.07) is 8.50. The van der Waals surface area contributed by atoms with E-state index in [0.717, 1.165) is 50.1 Å². The summed E-state index contributed by atoms with van der Waals surface area (Å²) in [5.41, 5.74) is 2.05. The zero-order chi connectivity index (χ0) is 15.1. The molecule has 2 N–H and O–H groups in total. The van der Waals surface area contributed by atoms with Gasteiger partial charge in [-0.05, 0) is 63.5 Å². The van der Waals surface area contributed by atoms with Crippen LogP contribution in [0.25, 0.3) is 0 Å². The lowest BCUT2D eigenvalue weighted by molar-refractivity contribution is -0.118. The molecule has 0 atom stereocenters. The molecule has 0 radical (unpaired) electrons. The van der Waals surface area contributed by atoms with E-state index < -0.39 is 0 Å². The number of piperidine rings is 1. The molecule has 0 aromatic heterocycles. The molecule has 1 aliphatic rings. The molecule has 1 aromatic carbocycles. The number of hydrogen-bond acceptors (Lipinski definition) is 3. The van der Waals surface area contributed by atoms with Gasteiger partial charge in [-0.2, -0.15) is 0 Å². The molecule has 1 aromatic rings. The molecular weight excluding hydrogens is 262 g/mol. The number of nitrogens with zero attached hydrogens (tertiary/aromatic N) is 1. The lowest BCUT2D eigenvalue weighted by atomic mass is 10.0. The summed E-state index contributed by atoms with van der Waals surface area (Å²) >= 11 is 0. The molecule has 1 saturated heterocycles. The van der Waals surface area contributed by atoms with Gasteiger partial charge in [-0.15, -0.1) is 0 Å². The lowest BCUT2D eigenvalue weighted by Gasteiger charge is -2.34. The number of rotatable bonds is 6. The fourth-order valence-corrected chi connectivity index (χ4v) is 2.96. The van der Waals surface area contributed by atoms with Gasteiger partial charge in [0.25, 0.3) is 0 Å². The number of aryl methyl sites for hydroxylation is 1. The monoisotopic (exact) mass is 289 g/mol. The zero-order valence-corrected chi connectivity index (χ0v) is 13.2. The lowest BCUT2D eigenvalue weighted by Crippen LogP contribution is -2.46. The summed E-state index contributed by atoms with van der Waals surface area (Å²) in [6.07, 6.45) is 3.36. The van der Waals surface area contributed by atoms with E-state index in [0.29, 0.717) is 12.6 Å². The van der Waals surface area contributed by atoms with Crippen LogP contribution in [0.1, 0.15) is 31.7 Å². The van der Waals surface area contributed by atoms with Gasteiger partial charge >= 0.3 is 0 Å². The smallest absolute Gasteiger partial charge is 0.238 e. The van der Waals surface area contributed by atoms with Crippen LogP contribution >= 0.6 is 0 Å². The summed E-state index contributed by atoms with van der Waals surface area (Å²) in [7, 11) is 0. The van der Waals surface area contributed by atoms with Crippen molar-refractivity contribution in [2.75, 3.05) is 31.5 Å². The van der Waals surface area contributed by atoms with Crippen molar-refractivity contribution in [1.29, 1.82) is 0 Å². The summed E-state index contributed by atoms with van der Waals surface area (Å²) < 4.78 is 0. The average molecular weight is 289 g/mol. The van der Waals surface area contributed by atoms with Crippen LogP contribution in [0.15, 0.2) is 24.3 Å². The Hall–Kier alpha value is -1.39. The average Bonchev–Trinajstić information content (AvgIpc) is 2.47.